The van der Waals surface area contributed by atoms with Gasteiger partial charge in [-0.1, -0.05) is 23.7 Å². The van der Waals surface area contributed by atoms with Gasteiger partial charge in [-0.2, -0.15) is 0 Å². The van der Waals surface area contributed by atoms with Crippen molar-refractivity contribution in [3.8, 4) is 11.3 Å². The highest BCUT2D eigenvalue weighted by molar-refractivity contribution is 7.11. The molecule has 1 fully saturated rings. The van der Waals surface area contributed by atoms with Crippen LogP contribution in [0.1, 0.15) is 24.3 Å². The summed E-state index contributed by atoms with van der Waals surface area (Å²) < 4.78 is 0. The number of halogens is 1. The number of nitrogens with one attached hydrogen (secondary N) is 1. The van der Waals surface area contributed by atoms with Gasteiger partial charge in [0.15, 0.2) is 0 Å². The minimum atomic E-state index is 0.180. The summed E-state index contributed by atoms with van der Waals surface area (Å²) >= 11 is 7.36. The van der Waals surface area contributed by atoms with E-state index in [1.807, 2.05) is 39.4 Å². The zero-order valence-electron chi connectivity index (χ0n) is 15.3. The Bertz CT molecular complexity index is 938. The Morgan fingerprint density at radius 1 is 1.21 bits per heavy atom. The molecular weight excluding hydrogens is 396 g/mol. The van der Waals surface area contributed by atoms with E-state index in [1.165, 1.54) is 11.3 Å². The Hall–Kier alpha value is -2.38. The molecule has 1 aromatic carbocycles. The molecule has 146 valence electrons. The van der Waals surface area contributed by atoms with Crippen molar-refractivity contribution in [2.45, 2.75) is 19.3 Å². The van der Waals surface area contributed by atoms with Crippen LogP contribution in [-0.2, 0) is 4.79 Å². The SMILES string of the molecule is N=C1C(c2nc(-c3ccc(Cl)cc3)cs2)=C(O)CN1CCCN1CCCC1=O. The fourth-order valence-electron chi connectivity index (χ4n) is 3.58. The molecule has 2 aliphatic rings. The number of hydrogen-bond donors (Lipinski definition) is 2. The van der Waals surface area contributed by atoms with Crippen LogP contribution in [0.3, 0.4) is 0 Å². The summed E-state index contributed by atoms with van der Waals surface area (Å²) in [7, 11) is 0. The van der Waals surface area contributed by atoms with Gasteiger partial charge in [-0.25, -0.2) is 4.98 Å². The normalized spacial score (nSPS) is 17.3. The molecule has 2 aromatic rings. The smallest absolute Gasteiger partial charge is 0.222 e. The van der Waals surface area contributed by atoms with Gasteiger partial charge in [0.25, 0.3) is 0 Å². The van der Waals surface area contributed by atoms with Crippen LogP contribution in [0.2, 0.25) is 5.02 Å². The van der Waals surface area contributed by atoms with E-state index in [0.29, 0.717) is 47.5 Å². The third-order valence-corrected chi connectivity index (χ3v) is 6.18. The summed E-state index contributed by atoms with van der Waals surface area (Å²) in [5.74, 6) is 0.692. The summed E-state index contributed by atoms with van der Waals surface area (Å²) in [5.41, 5.74) is 2.25. The Morgan fingerprint density at radius 2 is 1.96 bits per heavy atom. The molecule has 2 N–H and O–H groups in total. The van der Waals surface area contributed by atoms with E-state index < -0.39 is 0 Å². The van der Waals surface area contributed by atoms with Crippen LogP contribution in [0.25, 0.3) is 16.8 Å². The van der Waals surface area contributed by atoms with E-state index in [2.05, 4.69) is 4.98 Å². The molecule has 6 nitrogen and oxygen atoms in total. The third-order valence-electron chi connectivity index (χ3n) is 5.07. The van der Waals surface area contributed by atoms with Crippen molar-refractivity contribution in [2.75, 3.05) is 26.2 Å². The molecular formula is C20H21ClN4O2S. The largest absolute Gasteiger partial charge is 0.510 e. The highest BCUT2D eigenvalue weighted by Gasteiger charge is 2.30. The fourth-order valence-corrected chi connectivity index (χ4v) is 4.61. The first-order chi connectivity index (χ1) is 13.5. The lowest BCUT2D eigenvalue weighted by atomic mass is 10.2. The molecule has 0 spiro atoms. The van der Waals surface area contributed by atoms with Gasteiger partial charge in [-0.15, -0.1) is 11.3 Å². The molecule has 4 rings (SSSR count). The number of aliphatic hydroxyl groups excluding tert-OH is 1. The van der Waals surface area contributed by atoms with Crippen LogP contribution in [-0.4, -0.2) is 57.8 Å². The number of carbonyl (C=O) groups is 1. The number of likely N-dealkylation sites (tertiary alicyclic amines) is 1. The van der Waals surface area contributed by atoms with Gasteiger partial charge in [0, 0.05) is 42.0 Å². The molecule has 0 saturated carbocycles. The van der Waals surface area contributed by atoms with Gasteiger partial charge >= 0.3 is 0 Å². The second-order valence-corrected chi connectivity index (χ2v) is 8.27. The lowest BCUT2D eigenvalue weighted by molar-refractivity contribution is -0.127. The van der Waals surface area contributed by atoms with E-state index in [0.717, 1.165) is 30.6 Å². The minimum absolute atomic E-state index is 0.180. The second kappa shape index (κ2) is 7.93. The number of amidine groups is 1. The molecule has 0 atom stereocenters. The summed E-state index contributed by atoms with van der Waals surface area (Å²) in [6, 6.07) is 7.44. The highest BCUT2D eigenvalue weighted by atomic mass is 35.5. The molecule has 28 heavy (non-hydrogen) atoms. The number of benzene rings is 1. The monoisotopic (exact) mass is 416 g/mol. The standard InChI is InChI=1S/C20H21ClN4O2S/c21-14-6-4-13(5-7-14)15-12-28-20(23-15)18-16(26)11-25(19(18)22)10-2-9-24-8-1-3-17(24)27/h4-7,12,22,26H,1-3,8-11H2. The predicted molar refractivity (Wildman–Crippen MR) is 112 cm³/mol. The minimum Gasteiger partial charge on any atom is -0.510 e. The first-order valence-electron chi connectivity index (χ1n) is 9.28. The maximum Gasteiger partial charge on any atom is 0.222 e. The van der Waals surface area contributed by atoms with E-state index in [-0.39, 0.29) is 11.7 Å². The third kappa shape index (κ3) is 3.77. The summed E-state index contributed by atoms with van der Waals surface area (Å²) in [5, 5.41) is 22.1. The molecule has 1 amide bonds. The van der Waals surface area contributed by atoms with Gasteiger partial charge in [-0.3, -0.25) is 10.2 Å². The summed E-state index contributed by atoms with van der Waals surface area (Å²) in [6.07, 6.45) is 2.36. The molecule has 1 aromatic heterocycles. The number of nitrogens with zero attached hydrogens (tertiary/aromatic N) is 3. The first-order valence-corrected chi connectivity index (χ1v) is 10.5. The van der Waals surface area contributed by atoms with Crippen molar-refractivity contribution in [1.82, 2.24) is 14.8 Å². The maximum absolute atomic E-state index is 11.7. The van der Waals surface area contributed by atoms with Crippen LogP contribution in [0.4, 0.5) is 0 Å². The van der Waals surface area contributed by atoms with Crippen molar-refractivity contribution >= 4 is 40.3 Å². The average Bonchev–Trinajstić information content (AvgIpc) is 3.37. The molecule has 0 radical (unpaired) electrons. The maximum atomic E-state index is 11.7. The Balaban J connectivity index is 1.41. The van der Waals surface area contributed by atoms with Crippen molar-refractivity contribution in [3.05, 3.63) is 45.4 Å². The molecule has 8 heteroatoms. The molecule has 2 aliphatic heterocycles. The van der Waals surface area contributed by atoms with Crippen molar-refractivity contribution < 1.29 is 9.90 Å². The number of thiazole rings is 1. The van der Waals surface area contributed by atoms with E-state index in [1.54, 1.807) is 0 Å². The Labute approximate surface area is 172 Å². The molecule has 1 saturated heterocycles. The highest BCUT2D eigenvalue weighted by Crippen LogP contribution is 2.32. The summed E-state index contributed by atoms with van der Waals surface area (Å²) in [4.78, 5) is 20.0. The van der Waals surface area contributed by atoms with E-state index >= 15 is 0 Å². The van der Waals surface area contributed by atoms with Crippen LogP contribution in [0, 0.1) is 5.41 Å². The number of rotatable bonds is 6. The van der Waals surface area contributed by atoms with Gasteiger partial charge in [0.2, 0.25) is 5.91 Å². The lowest BCUT2D eigenvalue weighted by Gasteiger charge is -2.21. The van der Waals surface area contributed by atoms with Crippen LogP contribution in [0.15, 0.2) is 35.4 Å². The van der Waals surface area contributed by atoms with Crippen molar-refractivity contribution in [3.63, 3.8) is 0 Å². The molecule has 0 aliphatic carbocycles. The summed E-state index contributed by atoms with van der Waals surface area (Å²) in [6.45, 7) is 2.48. The van der Waals surface area contributed by atoms with Crippen LogP contribution in [0.5, 0.6) is 0 Å². The Kier molecular flexibility index (Phi) is 5.37. The fraction of sp³-hybridized carbons (Fsp3) is 0.350. The number of hydrogen-bond acceptors (Lipinski definition) is 5. The first kappa shape index (κ1) is 19.0. The van der Waals surface area contributed by atoms with Crippen molar-refractivity contribution in [2.24, 2.45) is 0 Å². The number of carbonyl (C=O) groups excluding carboxylic acids is 1. The van der Waals surface area contributed by atoms with Crippen molar-refractivity contribution in [1.29, 1.82) is 5.41 Å². The molecule has 0 unspecified atom stereocenters. The molecule has 3 heterocycles. The van der Waals surface area contributed by atoms with Gasteiger partial charge in [-0.05, 0) is 25.0 Å². The quantitative estimate of drug-likeness (QED) is 0.744. The zero-order chi connectivity index (χ0) is 19.7. The van der Waals surface area contributed by atoms with Gasteiger partial charge in [0.05, 0.1) is 17.8 Å². The lowest BCUT2D eigenvalue weighted by Crippen LogP contribution is -2.32. The van der Waals surface area contributed by atoms with E-state index in [9.17, 15) is 9.90 Å². The molecule has 0 bridgehead atoms. The second-order valence-electron chi connectivity index (χ2n) is 6.97. The van der Waals surface area contributed by atoms with Gasteiger partial charge < -0.3 is 14.9 Å². The average molecular weight is 417 g/mol. The van der Waals surface area contributed by atoms with Crippen LogP contribution < -0.4 is 0 Å². The number of aliphatic hydroxyl groups is 1. The number of aromatic nitrogens is 1. The Morgan fingerprint density at radius 3 is 2.68 bits per heavy atom. The van der Waals surface area contributed by atoms with E-state index in [4.69, 9.17) is 17.0 Å². The number of amides is 1. The predicted octanol–water partition coefficient (Wildman–Crippen LogP) is 4.04. The van der Waals surface area contributed by atoms with Crippen LogP contribution >= 0.6 is 22.9 Å². The zero-order valence-corrected chi connectivity index (χ0v) is 16.9. The topological polar surface area (TPSA) is 80.5 Å². The van der Waals surface area contributed by atoms with Gasteiger partial charge in [0.1, 0.15) is 16.6 Å².